The van der Waals surface area contributed by atoms with Crippen molar-refractivity contribution in [2.45, 2.75) is 37.6 Å². The molecule has 1 aliphatic heterocycles. The maximum absolute atomic E-state index is 12.8. The lowest BCUT2D eigenvalue weighted by molar-refractivity contribution is 0.0698. The first-order valence-corrected chi connectivity index (χ1v) is 8.65. The second-order valence-electron chi connectivity index (χ2n) is 6.69. The average molecular weight is 363 g/mol. The summed E-state index contributed by atoms with van der Waals surface area (Å²) in [6.07, 6.45) is 4.41. The molecule has 2 fully saturated rings. The number of amides is 1. The number of nitrogens with one attached hydrogen (secondary N) is 1. The van der Waals surface area contributed by atoms with Gasteiger partial charge >= 0.3 is 0 Å². The standard InChI is InChI=1S/C18H22N4O2.ClH/c1-19-15-6-3-9-22(11-15)18(23)14-5-2-4-13(10-14)16-20-17(24-21-16)12-7-8-12;/h2,4-5,10,12,15,19H,3,6-9,11H2,1H3;1H. The molecule has 1 atom stereocenters. The number of likely N-dealkylation sites (N-methyl/N-ethyl adjacent to an activating group) is 1. The third-order valence-electron chi connectivity index (χ3n) is 4.85. The van der Waals surface area contributed by atoms with E-state index in [-0.39, 0.29) is 18.3 Å². The van der Waals surface area contributed by atoms with Crippen LogP contribution in [0.1, 0.15) is 47.8 Å². The Hall–Kier alpha value is -1.92. The van der Waals surface area contributed by atoms with Crippen molar-refractivity contribution in [2.75, 3.05) is 20.1 Å². The third-order valence-corrected chi connectivity index (χ3v) is 4.85. The van der Waals surface area contributed by atoms with Gasteiger partial charge in [-0.2, -0.15) is 4.98 Å². The summed E-state index contributed by atoms with van der Waals surface area (Å²) in [6, 6.07) is 7.91. The predicted molar refractivity (Wildman–Crippen MR) is 96.9 cm³/mol. The highest BCUT2D eigenvalue weighted by Crippen LogP contribution is 2.39. The van der Waals surface area contributed by atoms with Crippen LogP contribution in [0, 0.1) is 0 Å². The summed E-state index contributed by atoms with van der Waals surface area (Å²) in [5, 5.41) is 7.34. The van der Waals surface area contributed by atoms with Gasteiger partial charge in [-0.1, -0.05) is 17.3 Å². The van der Waals surface area contributed by atoms with E-state index in [1.165, 1.54) is 0 Å². The molecule has 1 aromatic heterocycles. The summed E-state index contributed by atoms with van der Waals surface area (Å²) < 4.78 is 5.32. The number of aromatic nitrogens is 2. The van der Waals surface area contributed by atoms with Gasteiger partial charge in [0.25, 0.3) is 5.91 Å². The van der Waals surface area contributed by atoms with Crippen molar-refractivity contribution >= 4 is 18.3 Å². The Bertz CT molecular complexity index is 744. The highest BCUT2D eigenvalue weighted by Gasteiger charge is 2.30. The van der Waals surface area contributed by atoms with Gasteiger partial charge in [-0.25, -0.2) is 0 Å². The largest absolute Gasteiger partial charge is 0.339 e. The maximum Gasteiger partial charge on any atom is 0.253 e. The van der Waals surface area contributed by atoms with Crippen LogP contribution in [0.2, 0.25) is 0 Å². The highest BCUT2D eigenvalue weighted by atomic mass is 35.5. The van der Waals surface area contributed by atoms with Crippen LogP contribution in [0.15, 0.2) is 28.8 Å². The predicted octanol–water partition coefficient (Wildman–Crippen LogP) is 2.86. The Morgan fingerprint density at radius 3 is 2.92 bits per heavy atom. The molecular formula is C18H23ClN4O2. The molecule has 1 saturated heterocycles. The van der Waals surface area contributed by atoms with E-state index in [0.29, 0.717) is 23.3 Å². The minimum absolute atomic E-state index is 0. The lowest BCUT2D eigenvalue weighted by Crippen LogP contribution is -2.46. The van der Waals surface area contributed by atoms with Gasteiger partial charge in [-0.15, -0.1) is 12.4 Å². The summed E-state index contributed by atoms with van der Waals surface area (Å²) in [5.74, 6) is 1.79. The molecule has 1 N–H and O–H groups in total. The molecule has 25 heavy (non-hydrogen) atoms. The van der Waals surface area contributed by atoms with Crippen LogP contribution in [-0.2, 0) is 0 Å². The first-order chi connectivity index (χ1) is 11.7. The normalized spacial score (nSPS) is 20.2. The zero-order chi connectivity index (χ0) is 16.5. The average Bonchev–Trinajstić information content (AvgIpc) is 3.38. The molecule has 0 bridgehead atoms. The molecule has 0 radical (unpaired) electrons. The first-order valence-electron chi connectivity index (χ1n) is 8.65. The van der Waals surface area contributed by atoms with Crippen molar-refractivity contribution < 1.29 is 9.32 Å². The summed E-state index contributed by atoms with van der Waals surface area (Å²) in [7, 11) is 1.95. The minimum Gasteiger partial charge on any atom is -0.339 e. The second kappa shape index (κ2) is 7.54. The number of rotatable bonds is 4. The van der Waals surface area contributed by atoms with Gasteiger partial charge in [-0.05, 0) is 44.9 Å². The van der Waals surface area contributed by atoms with Gasteiger partial charge in [-0.3, -0.25) is 4.79 Å². The molecule has 2 heterocycles. The third kappa shape index (κ3) is 3.85. The van der Waals surface area contributed by atoms with Gasteiger partial charge in [0.2, 0.25) is 11.7 Å². The van der Waals surface area contributed by atoms with E-state index in [0.717, 1.165) is 50.2 Å². The minimum atomic E-state index is 0. The van der Waals surface area contributed by atoms with Gasteiger partial charge in [0, 0.05) is 36.2 Å². The zero-order valence-corrected chi connectivity index (χ0v) is 15.1. The van der Waals surface area contributed by atoms with Gasteiger partial charge in [0.05, 0.1) is 0 Å². The number of piperidine rings is 1. The van der Waals surface area contributed by atoms with Crippen LogP contribution in [0.25, 0.3) is 11.4 Å². The quantitative estimate of drug-likeness (QED) is 0.905. The molecule has 7 heteroatoms. The number of nitrogens with zero attached hydrogens (tertiary/aromatic N) is 3. The highest BCUT2D eigenvalue weighted by molar-refractivity contribution is 5.95. The molecule has 6 nitrogen and oxygen atoms in total. The fraction of sp³-hybridized carbons (Fsp3) is 0.500. The number of likely N-dealkylation sites (tertiary alicyclic amines) is 1. The van der Waals surface area contributed by atoms with E-state index < -0.39 is 0 Å². The van der Waals surface area contributed by atoms with E-state index in [4.69, 9.17) is 4.52 Å². The van der Waals surface area contributed by atoms with Crippen molar-refractivity contribution in [2.24, 2.45) is 0 Å². The fourth-order valence-corrected chi connectivity index (χ4v) is 3.22. The van der Waals surface area contributed by atoms with E-state index in [9.17, 15) is 4.79 Å². The smallest absolute Gasteiger partial charge is 0.253 e. The zero-order valence-electron chi connectivity index (χ0n) is 14.3. The molecule has 134 valence electrons. The van der Waals surface area contributed by atoms with Gasteiger partial charge < -0.3 is 14.7 Å². The molecule has 0 spiro atoms. The molecular weight excluding hydrogens is 340 g/mol. The summed E-state index contributed by atoms with van der Waals surface area (Å²) >= 11 is 0. The Labute approximate surface area is 153 Å². The molecule has 1 amide bonds. The molecule has 1 saturated carbocycles. The Morgan fingerprint density at radius 2 is 2.16 bits per heavy atom. The molecule has 1 aliphatic carbocycles. The lowest BCUT2D eigenvalue weighted by atomic mass is 10.0. The fourth-order valence-electron chi connectivity index (χ4n) is 3.22. The Morgan fingerprint density at radius 1 is 1.32 bits per heavy atom. The maximum atomic E-state index is 12.8. The monoisotopic (exact) mass is 362 g/mol. The molecule has 1 aromatic carbocycles. The van der Waals surface area contributed by atoms with Crippen molar-refractivity contribution in [3.63, 3.8) is 0 Å². The van der Waals surface area contributed by atoms with E-state index in [1.807, 2.05) is 36.2 Å². The number of carbonyl (C=O) groups excluding carboxylic acids is 1. The van der Waals surface area contributed by atoms with Crippen molar-refractivity contribution in [3.05, 3.63) is 35.7 Å². The molecule has 1 unspecified atom stereocenters. The first kappa shape index (κ1) is 17.9. The summed E-state index contributed by atoms with van der Waals surface area (Å²) in [4.78, 5) is 19.2. The van der Waals surface area contributed by atoms with Gasteiger partial charge in [0.1, 0.15) is 0 Å². The number of benzene rings is 1. The Kier molecular flexibility index (Phi) is 5.39. The van der Waals surface area contributed by atoms with E-state index in [2.05, 4.69) is 15.5 Å². The SMILES string of the molecule is CNC1CCCN(C(=O)c2cccc(-c3noc(C4CC4)n3)c2)C1.Cl. The van der Waals surface area contributed by atoms with Crippen LogP contribution in [0.4, 0.5) is 0 Å². The van der Waals surface area contributed by atoms with Crippen molar-refractivity contribution in [1.82, 2.24) is 20.4 Å². The van der Waals surface area contributed by atoms with Crippen molar-refractivity contribution in [1.29, 1.82) is 0 Å². The lowest BCUT2D eigenvalue weighted by Gasteiger charge is -2.32. The summed E-state index contributed by atoms with van der Waals surface area (Å²) in [6.45, 7) is 1.57. The van der Waals surface area contributed by atoms with Crippen LogP contribution in [-0.4, -0.2) is 47.1 Å². The number of halogens is 1. The summed E-state index contributed by atoms with van der Waals surface area (Å²) in [5.41, 5.74) is 1.51. The van der Waals surface area contributed by atoms with E-state index in [1.54, 1.807) is 0 Å². The Balaban J connectivity index is 0.00000182. The molecule has 2 aromatic rings. The van der Waals surface area contributed by atoms with Crippen LogP contribution >= 0.6 is 12.4 Å². The van der Waals surface area contributed by atoms with Crippen LogP contribution in [0.5, 0.6) is 0 Å². The number of carbonyl (C=O) groups is 1. The van der Waals surface area contributed by atoms with Gasteiger partial charge in [0.15, 0.2) is 0 Å². The van der Waals surface area contributed by atoms with Crippen LogP contribution < -0.4 is 5.32 Å². The molecule has 4 rings (SSSR count). The van der Waals surface area contributed by atoms with E-state index >= 15 is 0 Å². The second-order valence-corrected chi connectivity index (χ2v) is 6.69. The van der Waals surface area contributed by atoms with Crippen LogP contribution in [0.3, 0.4) is 0 Å². The number of hydrogen-bond donors (Lipinski definition) is 1. The molecule has 2 aliphatic rings. The number of hydrogen-bond acceptors (Lipinski definition) is 5. The topological polar surface area (TPSA) is 71.3 Å². The van der Waals surface area contributed by atoms with Crippen molar-refractivity contribution in [3.8, 4) is 11.4 Å².